The molecule has 4 heteroatoms. The summed E-state index contributed by atoms with van der Waals surface area (Å²) in [5.74, 6) is -0.404. The molecule has 0 aliphatic rings. The third kappa shape index (κ3) is 1.35. The molecule has 2 aromatic rings. The number of ether oxygens (including phenoxy) is 1. The van der Waals surface area contributed by atoms with E-state index in [1.54, 1.807) is 19.1 Å². The molecule has 4 nitrogen and oxygen atoms in total. The molecule has 1 N–H and O–H groups in total. The largest absolute Gasteiger partial charge is 0.461 e. The van der Waals surface area contributed by atoms with Gasteiger partial charge in [-0.3, -0.25) is 5.10 Å². The molecular weight excluding hydrogens is 180 g/mol. The molecule has 71 valence electrons. The number of hydrogen-bond donors (Lipinski definition) is 1. The monoisotopic (exact) mass is 189 g/mol. The van der Waals surface area contributed by atoms with Gasteiger partial charge < -0.3 is 4.74 Å². The van der Waals surface area contributed by atoms with Crippen LogP contribution in [0, 0.1) is 6.07 Å². The molecule has 0 aliphatic carbocycles. The number of H-pyrrole nitrogens is 1. The SMILES string of the molecule is CCOC(=O)c1n[nH]c2cc[c]cc12. The Kier molecular flexibility index (Phi) is 2.18. The van der Waals surface area contributed by atoms with Gasteiger partial charge in [-0.2, -0.15) is 5.10 Å². The van der Waals surface area contributed by atoms with Crippen molar-refractivity contribution in [2.45, 2.75) is 6.92 Å². The Labute approximate surface area is 80.9 Å². The van der Waals surface area contributed by atoms with Crippen LogP contribution in [0.25, 0.3) is 10.9 Å². The number of aromatic nitrogens is 2. The van der Waals surface area contributed by atoms with Gasteiger partial charge in [0.15, 0.2) is 5.69 Å². The Hall–Kier alpha value is -1.84. The van der Waals surface area contributed by atoms with Gasteiger partial charge in [-0.15, -0.1) is 0 Å². The number of nitrogens with zero attached hydrogens (tertiary/aromatic N) is 1. The number of nitrogens with one attached hydrogen (secondary N) is 1. The van der Waals surface area contributed by atoms with Crippen molar-refractivity contribution in [2.24, 2.45) is 0 Å². The van der Waals surface area contributed by atoms with E-state index in [1.165, 1.54) is 0 Å². The summed E-state index contributed by atoms with van der Waals surface area (Å²) in [6, 6.07) is 8.17. The third-order valence-corrected chi connectivity index (χ3v) is 1.88. The van der Waals surface area contributed by atoms with Crippen molar-refractivity contribution in [3.63, 3.8) is 0 Å². The predicted octanol–water partition coefficient (Wildman–Crippen LogP) is 1.54. The molecule has 1 heterocycles. The highest BCUT2D eigenvalue weighted by atomic mass is 16.5. The second kappa shape index (κ2) is 3.49. The smallest absolute Gasteiger partial charge is 0.359 e. The molecular formula is C10H9N2O2. The van der Waals surface area contributed by atoms with Crippen molar-refractivity contribution in [2.75, 3.05) is 6.61 Å². The van der Waals surface area contributed by atoms with Gasteiger partial charge in [0.25, 0.3) is 0 Å². The first-order chi connectivity index (χ1) is 6.83. The van der Waals surface area contributed by atoms with Crippen molar-refractivity contribution < 1.29 is 9.53 Å². The Morgan fingerprint density at radius 2 is 2.57 bits per heavy atom. The van der Waals surface area contributed by atoms with Crippen LogP contribution in [0.5, 0.6) is 0 Å². The molecule has 0 aliphatic heterocycles. The van der Waals surface area contributed by atoms with Gasteiger partial charge in [0.1, 0.15) is 0 Å². The topological polar surface area (TPSA) is 55.0 Å². The Morgan fingerprint density at radius 1 is 1.71 bits per heavy atom. The summed E-state index contributed by atoms with van der Waals surface area (Å²) in [4.78, 5) is 11.4. The van der Waals surface area contributed by atoms with Gasteiger partial charge in [-0.25, -0.2) is 4.79 Å². The number of carbonyl (C=O) groups is 1. The molecule has 0 atom stereocenters. The lowest BCUT2D eigenvalue weighted by Gasteiger charge is -1.97. The average molecular weight is 189 g/mol. The number of aromatic amines is 1. The molecule has 0 unspecified atom stereocenters. The minimum Gasteiger partial charge on any atom is -0.461 e. The van der Waals surface area contributed by atoms with Crippen molar-refractivity contribution in [3.05, 3.63) is 30.0 Å². The van der Waals surface area contributed by atoms with Crippen molar-refractivity contribution in [1.82, 2.24) is 10.2 Å². The molecule has 1 aromatic heterocycles. The molecule has 2 rings (SSSR count). The highest BCUT2D eigenvalue weighted by Gasteiger charge is 2.13. The molecule has 1 radical (unpaired) electrons. The zero-order valence-electron chi connectivity index (χ0n) is 7.70. The van der Waals surface area contributed by atoms with Crippen LogP contribution in [0.2, 0.25) is 0 Å². The van der Waals surface area contributed by atoms with Crippen molar-refractivity contribution in [1.29, 1.82) is 0 Å². The Morgan fingerprint density at radius 3 is 3.36 bits per heavy atom. The van der Waals surface area contributed by atoms with E-state index in [0.717, 1.165) is 10.9 Å². The van der Waals surface area contributed by atoms with Crippen LogP contribution in [-0.4, -0.2) is 22.8 Å². The lowest BCUT2D eigenvalue weighted by Crippen LogP contribution is -2.05. The van der Waals surface area contributed by atoms with E-state index in [2.05, 4.69) is 16.3 Å². The molecule has 1 aromatic carbocycles. The van der Waals surface area contributed by atoms with E-state index >= 15 is 0 Å². The van der Waals surface area contributed by atoms with Crippen LogP contribution in [0.3, 0.4) is 0 Å². The normalized spacial score (nSPS) is 10.4. The van der Waals surface area contributed by atoms with E-state index in [4.69, 9.17) is 4.74 Å². The lowest BCUT2D eigenvalue weighted by atomic mass is 10.2. The van der Waals surface area contributed by atoms with Crippen LogP contribution >= 0.6 is 0 Å². The maximum atomic E-state index is 11.4. The molecule has 0 fully saturated rings. The number of fused-ring (bicyclic) bond motifs is 1. The van der Waals surface area contributed by atoms with E-state index in [0.29, 0.717) is 12.3 Å². The number of hydrogen-bond acceptors (Lipinski definition) is 3. The predicted molar refractivity (Wildman–Crippen MR) is 50.9 cm³/mol. The van der Waals surface area contributed by atoms with E-state index in [9.17, 15) is 4.79 Å². The van der Waals surface area contributed by atoms with E-state index in [-0.39, 0.29) is 0 Å². The standard InChI is InChI=1S/C10H9N2O2/c1-2-14-10(13)9-7-5-3-4-6-8(7)11-12-9/h4-6H,2H2,1H3,(H,11,12). The Balaban J connectivity index is 2.47. The number of esters is 1. The van der Waals surface area contributed by atoms with Crippen LogP contribution in [0.4, 0.5) is 0 Å². The van der Waals surface area contributed by atoms with Gasteiger partial charge in [-0.1, -0.05) is 6.07 Å². The highest BCUT2D eigenvalue weighted by Crippen LogP contribution is 2.15. The van der Waals surface area contributed by atoms with Crippen molar-refractivity contribution in [3.8, 4) is 0 Å². The van der Waals surface area contributed by atoms with Crippen molar-refractivity contribution >= 4 is 16.9 Å². The van der Waals surface area contributed by atoms with E-state index < -0.39 is 5.97 Å². The van der Waals surface area contributed by atoms with Crippen LogP contribution < -0.4 is 0 Å². The molecule has 0 bridgehead atoms. The fourth-order valence-corrected chi connectivity index (χ4v) is 1.26. The molecule has 14 heavy (non-hydrogen) atoms. The molecule has 0 saturated carbocycles. The first-order valence-electron chi connectivity index (χ1n) is 4.34. The third-order valence-electron chi connectivity index (χ3n) is 1.88. The summed E-state index contributed by atoms with van der Waals surface area (Å²) in [6.45, 7) is 2.11. The molecule has 0 amide bonds. The molecule has 0 spiro atoms. The zero-order valence-corrected chi connectivity index (χ0v) is 7.70. The summed E-state index contributed by atoms with van der Waals surface area (Å²) in [6.07, 6.45) is 0. The van der Waals surface area contributed by atoms with Crippen LogP contribution in [0.15, 0.2) is 18.2 Å². The van der Waals surface area contributed by atoms with Crippen LogP contribution in [0.1, 0.15) is 17.4 Å². The van der Waals surface area contributed by atoms with Gasteiger partial charge in [0, 0.05) is 5.39 Å². The first kappa shape index (κ1) is 8.74. The fourth-order valence-electron chi connectivity index (χ4n) is 1.26. The average Bonchev–Trinajstić information content (AvgIpc) is 2.61. The maximum Gasteiger partial charge on any atom is 0.359 e. The van der Waals surface area contributed by atoms with Gasteiger partial charge in [0.05, 0.1) is 12.1 Å². The summed E-state index contributed by atoms with van der Waals surface area (Å²) >= 11 is 0. The number of rotatable bonds is 2. The number of carbonyl (C=O) groups excluding carboxylic acids is 1. The summed E-state index contributed by atoms with van der Waals surface area (Å²) < 4.78 is 4.86. The van der Waals surface area contributed by atoms with Crippen LogP contribution in [-0.2, 0) is 4.74 Å². The van der Waals surface area contributed by atoms with Gasteiger partial charge >= 0.3 is 5.97 Å². The first-order valence-corrected chi connectivity index (χ1v) is 4.34. The lowest BCUT2D eigenvalue weighted by molar-refractivity contribution is 0.0521. The number of benzene rings is 1. The maximum absolute atomic E-state index is 11.4. The summed E-state index contributed by atoms with van der Waals surface area (Å²) in [5.41, 5.74) is 1.13. The highest BCUT2D eigenvalue weighted by molar-refractivity contribution is 6.01. The zero-order chi connectivity index (χ0) is 9.97. The van der Waals surface area contributed by atoms with Gasteiger partial charge in [-0.05, 0) is 25.1 Å². The van der Waals surface area contributed by atoms with Gasteiger partial charge in [0.2, 0.25) is 0 Å². The summed E-state index contributed by atoms with van der Waals surface area (Å²) in [7, 11) is 0. The Bertz CT molecular complexity index is 462. The van der Waals surface area contributed by atoms with E-state index in [1.807, 2.05) is 6.07 Å². The second-order valence-electron chi connectivity index (χ2n) is 2.76. The fraction of sp³-hybridized carbons (Fsp3) is 0.200. The minimum absolute atomic E-state index is 0.318. The second-order valence-corrected chi connectivity index (χ2v) is 2.76. The minimum atomic E-state index is -0.404. The molecule has 0 saturated heterocycles. The quantitative estimate of drug-likeness (QED) is 0.729. The summed E-state index contributed by atoms with van der Waals surface area (Å²) in [5, 5.41) is 7.39.